The van der Waals surface area contributed by atoms with Crippen LogP contribution in [0.2, 0.25) is 0 Å². The monoisotopic (exact) mass is 532 g/mol. The molecule has 0 fully saturated rings. The van der Waals surface area contributed by atoms with E-state index < -0.39 is 12.1 Å². The molecule has 0 radical (unpaired) electrons. The number of rotatable bonds is 18. The van der Waals surface area contributed by atoms with Gasteiger partial charge in [-0.15, -0.1) is 0 Å². The van der Waals surface area contributed by atoms with E-state index in [2.05, 4.69) is 5.32 Å². The third kappa shape index (κ3) is 11.9. The zero-order valence-corrected chi connectivity index (χ0v) is 22.7. The Bertz CT molecular complexity index is 955. The maximum Gasteiger partial charge on any atom is 0.333 e. The number of benzene rings is 2. The molecule has 210 valence electrons. The maximum absolute atomic E-state index is 13.0. The molecule has 2 aromatic rings. The first kappa shape index (κ1) is 31.1. The second-order valence-electron chi connectivity index (χ2n) is 9.11. The van der Waals surface area contributed by atoms with E-state index in [0.717, 1.165) is 30.4 Å². The first-order valence-corrected chi connectivity index (χ1v) is 13.3. The number of nitrogens with one attached hydrogen (secondary N) is 1. The van der Waals surface area contributed by atoms with Crippen molar-refractivity contribution in [2.75, 3.05) is 32.9 Å². The van der Waals surface area contributed by atoms with Crippen LogP contribution in [0.3, 0.4) is 0 Å². The van der Waals surface area contributed by atoms with Crippen molar-refractivity contribution in [3.05, 3.63) is 65.5 Å². The molecule has 2 amide bonds. The molecule has 0 aliphatic heterocycles. The maximum atomic E-state index is 13.0. The SMILES string of the molecule is CCOC(Cc1ccc(OCCN(CCCCOCc2ccc(F)cc2)C(=O)NC(C)CC)cc1)C(=O)O. The van der Waals surface area contributed by atoms with Crippen molar-refractivity contribution < 1.29 is 33.3 Å². The first-order valence-electron chi connectivity index (χ1n) is 13.3. The number of carboxylic acid groups (broad SMARTS) is 1. The fraction of sp³-hybridized carbons (Fsp3) is 0.517. The molecule has 9 heteroatoms. The molecule has 0 aliphatic carbocycles. The van der Waals surface area contributed by atoms with Crippen molar-refractivity contribution in [2.45, 2.75) is 65.2 Å². The number of aliphatic carboxylic acids is 1. The highest BCUT2D eigenvalue weighted by Gasteiger charge is 2.18. The number of hydrogen-bond donors (Lipinski definition) is 2. The van der Waals surface area contributed by atoms with Crippen molar-refractivity contribution in [1.82, 2.24) is 10.2 Å². The Labute approximate surface area is 225 Å². The minimum absolute atomic E-state index is 0.0730. The second-order valence-corrected chi connectivity index (χ2v) is 9.11. The lowest BCUT2D eigenvalue weighted by Gasteiger charge is -2.25. The number of nitrogens with zero attached hydrogens (tertiary/aromatic N) is 1. The molecule has 8 nitrogen and oxygen atoms in total. The number of carbonyl (C=O) groups is 2. The lowest BCUT2D eigenvalue weighted by atomic mass is 10.1. The Morgan fingerprint density at radius 2 is 1.66 bits per heavy atom. The van der Waals surface area contributed by atoms with Gasteiger partial charge in [0.25, 0.3) is 0 Å². The standard InChI is InChI=1S/C29H41FN2O6/c1-4-22(3)31-29(35)32(16-6-7-18-36-21-24-8-12-25(30)13-9-24)17-19-38-26-14-10-23(11-15-26)20-27(28(33)34)37-5-2/h8-15,22,27H,4-7,16-21H2,1-3H3,(H,31,35)(H,33,34). The van der Waals surface area contributed by atoms with Crippen LogP contribution in [0.4, 0.5) is 9.18 Å². The first-order chi connectivity index (χ1) is 18.3. The molecule has 0 saturated carbocycles. The van der Waals surface area contributed by atoms with Gasteiger partial charge < -0.3 is 29.5 Å². The number of carboxylic acids is 1. The fourth-order valence-electron chi connectivity index (χ4n) is 3.62. The van der Waals surface area contributed by atoms with Crippen LogP contribution in [0, 0.1) is 5.82 Å². The normalized spacial score (nSPS) is 12.5. The average molecular weight is 533 g/mol. The van der Waals surface area contributed by atoms with Crippen molar-refractivity contribution in [3.63, 3.8) is 0 Å². The highest BCUT2D eigenvalue weighted by molar-refractivity contribution is 5.74. The number of amides is 2. The zero-order valence-electron chi connectivity index (χ0n) is 22.7. The molecular weight excluding hydrogens is 491 g/mol. The van der Waals surface area contributed by atoms with Gasteiger partial charge in [-0.1, -0.05) is 31.2 Å². The van der Waals surface area contributed by atoms with Crippen LogP contribution in [0.1, 0.15) is 51.2 Å². The van der Waals surface area contributed by atoms with Crippen molar-refractivity contribution >= 4 is 12.0 Å². The summed E-state index contributed by atoms with van der Waals surface area (Å²) in [5.74, 6) is -0.604. The number of unbranched alkanes of at least 4 members (excludes halogenated alkanes) is 1. The van der Waals surface area contributed by atoms with E-state index in [-0.39, 0.29) is 24.3 Å². The summed E-state index contributed by atoms with van der Waals surface area (Å²) in [7, 11) is 0. The van der Waals surface area contributed by atoms with E-state index in [9.17, 15) is 19.1 Å². The fourth-order valence-corrected chi connectivity index (χ4v) is 3.62. The number of carbonyl (C=O) groups excluding carboxylic acids is 1. The summed E-state index contributed by atoms with van der Waals surface area (Å²) in [5, 5.41) is 12.3. The number of ether oxygens (including phenoxy) is 3. The Balaban J connectivity index is 1.79. The van der Waals surface area contributed by atoms with Gasteiger partial charge in [0, 0.05) is 32.2 Å². The van der Waals surface area contributed by atoms with Crippen LogP contribution in [0.5, 0.6) is 5.75 Å². The van der Waals surface area contributed by atoms with E-state index in [1.54, 1.807) is 36.1 Å². The molecule has 2 aromatic carbocycles. The summed E-state index contributed by atoms with van der Waals surface area (Å²) in [6.07, 6.45) is 1.80. The van der Waals surface area contributed by atoms with Crippen LogP contribution >= 0.6 is 0 Å². The van der Waals surface area contributed by atoms with Crippen LogP contribution in [-0.2, 0) is 27.3 Å². The molecular formula is C29H41FN2O6. The highest BCUT2D eigenvalue weighted by Crippen LogP contribution is 2.15. The lowest BCUT2D eigenvalue weighted by molar-refractivity contribution is -0.149. The lowest BCUT2D eigenvalue weighted by Crippen LogP contribution is -2.45. The van der Waals surface area contributed by atoms with Crippen molar-refractivity contribution in [2.24, 2.45) is 0 Å². The molecule has 2 rings (SSSR count). The van der Waals surface area contributed by atoms with E-state index in [1.165, 1.54) is 12.1 Å². The average Bonchev–Trinajstić information content (AvgIpc) is 2.91. The minimum atomic E-state index is -0.984. The van der Waals surface area contributed by atoms with Gasteiger partial charge in [0.15, 0.2) is 6.10 Å². The summed E-state index contributed by atoms with van der Waals surface area (Å²) < 4.78 is 29.8. The Hall–Kier alpha value is -3.17. The third-order valence-electron chi connectivity index (χ3n) is 6.04. The molecule has 0 aromatic heterocycles. The van der Waals surface area contributed by atoms with Crippen LogP contribution in [0.15, 0.2) is 48.5 Å². The second kappa shape index (κ2) is 17.4. The van der Waals surface area contributed by atoms with Gasteiger partial charge in [0.05, 0.1) is 13.2 Å². The number of urea groups is 1. The number of hydrogen-bond acceptors (Lipinski definition) is 5. The summed E-state index contributed by atoms with van der Waals surface area (Å²) >= 11 is 0. The van der Waals surface area contributed by atoms with Gasteiger partial charge in [-0.3, -0.25) is 0 Å². The van der Waals surface area contributed by atoms with Gasteiger partial charge >= 0.3 is 12.0 Å². The minimum Gasteiger partial charge on any atom is -0.492 e. The number of halogens is 1. The smallest absolute Gasteiger partial charge is 0.333 e. The molecule has 0 spiro atoms. The van der Waals surface area contributed by atoms with Crippen molar-refractivity contribution in [3.8, 4) is 5.75 Å². The summed E-state index contributed by atoms with van der Waals surface area (Å²) in [4.78, 5) is 25.8. The van der Waals surface area contributed by atoms with E-state index in [1.807, 2.05) is 26.0 Å². The molecule has 0 bridgehead atoms. The zero-order chi connectivity index (χ0) is 27.8. The molecule has 2 unspecified atom stereocenters. The topological polar surface area (TPSA) is 97.3 Å². The molecule has 2 N–H and O–H groups in total. The Morgan fingerprint density at radius 1 is 0.974 bits per heavy atom. The summed E-state index contributed by atoms with van der Waals surface area (Å²) in [6, 6.07) is 13.4. The molecule has 38 heavy (non-hydrogen) atoms. The van der Waals surface area contributed by atoms with Crippen LogP contribution in [-0.4, -0.2) is 67.1 Å². The van der Waals surface area contributed by atoms with E-state index >= 15 is 0 Å². The largest absolute Gasteiger partial charge is 0.492 e. The van der Waals surface area contributed by atoms with Crippen molar-refractivity contribution in [1.29, 1.82) is 0 Å². The van der Waals surface area contributed by atoms with Gasteiger partial charge in [-0.05, 0) is 68.5 Å². The van der Waals surface area contributed by atoms with Gasteiger partial charge in [-0.2, -0.15) is 0 Å². The third-order valence-corrected chi connectivity index (χ3v) is 6.04. The molecule has 0 saturated heterocycles. The molecule has 0 heterocycles. The quantitative estimate of drug-likeness (QED) is 0.261. The summed E-state index contributed by atoms with van der Waals surface area (Å²) in [5.41, 5.74) is 1.76. The van der Waals surface area contributed by atoms with E-state index in [4.69, 9.17) is 14.2 Å². The summed E-state index contributed by atoms with van der Waals surface area (Å²) in [6.45, 7) is 8.38. The predicted molar refractivity (Wildman–Crippen MR) is 144 cm³/mol. The van der Waals surface area contributed by atoms with Crippen LogP contribution in [0.25, 0.3) is 0 Å². The van der Waals surface area contributed by atoms with Crippen LogP contribution < -0.4 is 10.1 Å². The Morgan fingerprint density at radius 3 is 2.29 bits per heavy atom. The van der Waals surface area contributed by atoms with Gasteiger partial charge in [-0.25, -0.2) is 14.0 Å². The highest BCUT2D eigenvalue weighted by atomic mass is 19.1. The van der Waals surface area contributed by atoms with Gasteiger partial charge in [0.2, 0.25) is 0 Å². The van der Waals surface area contributed by atoms with Gasteiger partial charge in [0.1, 0.15) is 18.2 Å². The Kier molecular flexibility index (Phi) is 14.2. The molecule has 0 aliphatic rings. The van der Waals surface area contributed by atoms with E-state index in [0.29, 0.717) is 45.3 Å². The predicted octanol–water partition coefficient (Wildman–Crippen LogP) is 5.04. The molecule has 2 atom stereocenters.